The predicted molar refractivity (Wildman–Crippen MR) is 107 cm³/mol. The van der Waals surface area contributed by atoms with Gasteiger partial charge in [0, 0.05) is 37.3 Å². The van der Waals surface area contributed by atoms with Gasteiger partial charge in [-0.2, -0.15) is 0 Å². The quantitative estimate of drug-likeness (QED) is 0.639. The third-order valence-corrected chi connectivity index (χ3v) is 5.74. The minimum atomic E-state index is 0.297. The van der Waals surface area contributed by atoms with Crippen molar-refractivity contribution in [3.05, 3.63) is 71.9 Å². The van der Waals surface area contributed by atoms with Crippen molar-refractivity contribution in [1.82, 2.24) is 9.47 Å². The number of nitrogens with zero attached hydrogens (tertiary/aromatic N) is 2. The number of para-hydroxylation sites is 1. The van der Waals surface area contributed by atoms with Crippen molar-refractivity contribution in [2.75, 3.05) is 20.3 Å². The number of hydrogen-bond acceptors (Lipinski definition) is 2. The van der Waals surface area contributed by atoms with Gasteiger partial charge in [0.1, 0.15) is 0 Å². The molecular formula is C23H28N2O. The first-order valence-electron chi connectivity index (χ1n) is 9.63. The third-order valence-electron chi connectivity index (χ3n) is 5.74. The smallest absolute Gasteiger partial charge is 0.0660 e. The Morgan fingerprint density at radius 2 is 1.81 bits per heavy atom. The van der Waals surface area contributed by atoms with Crippen molar-refractivity contribution in [3.8, 4) is 0 Å². The van der Waals surface area contributed by atoms with E-state index in [-0.39, 0.29) is 0 Å². The Balaban J connectivity index is 1.76. The van der Waals surface area contributed by atoms with Gasteiger partial charge in [-0.05, 0) is 36.6 Å². The predicted octanol–water partition coefficient (Wildman–Crippen LogP) is 5.09. The number of aryl methyl sites for hydroxylation is 1. The van der Waals surface area contributed by atoms with Crippen molar-refractivity contribution in [1.29, 1.82) is 0 Å². The molecule has 1 fully saturated rings. The summed E-state index contributed by atoms with van der Waals surface area (Å²) in [5, 5.41) is 1.39. The molecule has 0 bridgehead atoms. The zero-order valence-electron chi connectivity index (χ0n) is 15.8. The molecule has 3 heteroatoms. The third kappa shape index (κ3) is 3.17. The Hall–Kier alpha value is -2.10. The molecule has 1 aromatic heterocycles. The number of benzene rings is 2. The molecule has 0 amide bonds. The molecule has 0 spiro atoms. The fourth-order valence-corrected chi connectivity index (χ4v) is 4.52. The number of fused-ring (bicyclic) bond motifs is 1. The van der Waals surface area contributed by atoms with E-state index in [1.807, 2.05) is 7.11 Å². The summed E-state index contributed by atoms with van der Waals surface area (Å²) < 4.78 is 7.91. The second kappa shape index (κ2) is 7.65. The van der Waals surface area contributed by atoms with Gasteiger partial charge in [-0.15, -0.1) is 0 Å². The number of aromatic nitrogens is 1. The average molecular weight is 348 g/mol. The van der Waals surface area contributed by atoms with Crippen molar-refractivity contribution < 1.29 is 4.74 Å². The molecule has 1 aliphatic rings. The summed E-state index contributed by atoms with van der Waals surface area (Å²) in [6.07, 6.45) is 6.09. The summed E-state index contributed by atoms with van der Waals surface area (Å²) in [5.41, 5.74) is 4.12. The summed E-state index contributed by atoms with van der Waals surface area (Å²) in [6.45, 7) is 1.85. The van der Waals surface area contributed by atoms with Crippen LogP contribution in [0.2, 0.25) is 0 Å². The van der Waals surface area contributed by atoms with E-state index in [2.05, 4.69) is 77.3 Å². The van der Waals surface area contributed by atoms with Crippen LogP contribution in [0.25, 0.3) is 10.9 Å². The van der Waals surface area contributed by atoms with Crippen LogP contribution >= 0.6 is 0 Å². The minimum Gasteiger partial charge on any atom is -0.383 e. The summed E-state index contributed by atoms with van der Waals surface area (Å²) in [7, 11) is 3.97. The van der Waals surface area contributed by atoms with E-state index in [0.29, 0.717) is 12.1 Å². The zero-order valence-corrected chi connectivity index (χ0v) is 15.8. The van der Waals surface area contributed by atoms with Crippen LogP contribution in [0.5, 0.6) is 0 Å². The van der Waals surface area contributed by atoms with Gasteiger partial charge in [-0.25, -0.2) is 0 Å². The molecule has 2 aromatic carbocycles. The lowest BCUT2D eigenvalue weighted by molar-refractivity contribution is 0.0392. The van der Waals surface area contributed by atoms with Crippen LogP contribution in [0.1, 0.15) is 42.5 Å². The molecule has 0 saturated carbocycles. The molecule has 1 saturated heterocycles. The van der Waals surface area contributed by atoms with E-state index >= 15 is 0 Å². The van der Waals surface area contributed by atoms with E-state index in [1.165, 1.54) is 41.3 Å². The van der Waals surface area contributed by atoms with Crippen molar-refractivity contribution in [3.63, 3.8) is 0 Å². The molecule has 3 aromatic rings. The fourth-order valence-electron chi connectivity index (χ4n) is 4.52. The maximum Gasteiger partial charge on any atom is 0.0660 e. The van der Waals surface area contributed by atoms with Crippen molar-refractivity contribution in [2.45, 2.75) is 31.3 Å². The molecule has 26 heavy (non-hydrogen) atoms. The topological polar surface area (TPSA) is 17.4 Å². The van der Waals surface area contributed by atoms with Gasteiger partial charge in [0.15, 0.2) is 0 Å². The molecular weight excluding hydrogens is 320 g/mol. The molecule has 1 aliphatic heterocycles. The molecule has 2 atom stereocenters. The highest BCUT2D eigenvalue weighted by Crippen LogP contribution is 2.40. The highest BCUT2D eigenvalue weighted by atomic mass is 16.5. The van der Waals surface area contributed by atoms with Crippen LogP contribution in [0.3, 0.4) is 0 Å². The van der Waals surface area contributed by atoms with Crippen LogP contribution in [0.4, 0.5) is 0 Å². The number of methoxy groups -OCH3 is 1. The maximum atomic E-state index is 5.64. The normalized spacial score (nSPS) is 19.7. The highest BCUT2D eigenvalue weighted by Gasteiger charge is 2.32. The van der Waals surface area contributed by atoms with Gasteiger partial charge >= 0.3 is 0 Å². The maximum absolute atomic E-state index is 5.64. The van der Waals surface area contributed by atoms with E-state index in [4.69, 9.17) is 4.74 Å². The van der Waals surface area contributed by atoms with E-state index < -0.39 is 0 Å². The van der Waals surface area contributed by atoms with Crippen LogP contribution in [-0.2, 0) is 11.8 Å². The molecule has 2 heterocycles. The summed E-state index contributed by atoms with van der Waals surface area (Å²) in [5.74, 6) is 0. The molecule has 0 radical (unpaired) electrons. The van der Waals surface area contributed by atoms with Gasteiger partial charge in [-0.1, -0.05) is 55.0 Å². The Labute approximate surface area is 156 Å². The largest absolute Gasteiger partial charge is 0.383 e. The second-order valence-corrected chi connectivity index (χ2v) is 7.34. The Morgan fingerprint density at radius 1 is 1.04 bits per heavy atom. The summed E-state index contributed by atoms with van der Waals surface area (Å²) in [4.78, 5) is 2.67. The van der Waals surface area contributed by atoms with Crippen LogP contribution in [0.15, 0.2) is 60.8 Å². The average Bonchev–Trinajstić information content (AvgIpc) is 3.04. The lowest BCUT2D eigenvalue weighted by atomic mass is 9.91. The van der Waals surface area contributed by atoms with Gasteiger partial charge in [0.2, 0.25) is 0 Å². The Bertz CT molecular complexity index is 855. The van der Waals surface area contributed by atoms with Gasteiger partial charge in [-0.3, -0.25) is 4.90 Å². The first kappa shape index (κ1) is 17.3. The summed E-state index contributed by atoms with van der Waals surface area (Å²) >= 11 is 0. The number of likely N-dealkylation sites (tertiary alicyclic amines) is 1. The first-order valence-corrected chi connectivity index (χ1v) is 9.63. The SMILES string of the molecule is COC[C@@H](c1ccccc1)N1CCCC[C@H]1c1cn(C)c2ccccc12. The monoisotopic (exact) mass is 348 g/mol. The molecule has 0 aliphatic carbocycles. The van der Waals surface area contributed by atoms with E-state index in [1.54, 1.807) is 0 Å². The second-order valence-electron chi connectivity index (χ2n) is 7.34. The number of ether oxygens (including phenoxy) is 1. The first-order chi connectivity index (χ1) is 12.8. The molecule has 4 rings (SSSR count). The summed E-state index contributed by atoms with van der Waals surface area (Å²) in [6, 6.07) is 20.3. The van der Waals surface area contributed by atoms with Crippen molar-refractivity contribution in [2.24, 2.45) is 7.05 Å². The van der Waals surface area contributed by atoms with Gasteiger partial charge in [0.05, 0.1) is 12.6 Å². The highest BCUT2D eigenvalue weighted by molar-refractivity contribution is 5.84. The molecule has 0 unspecified atom stereocenters. The standard InChI is InChI=1S/C23H28N2O/c1-24-16-20(19-12-6-7-13-21(19)24)22-14-8-9-15-25(22)23(17-26-2)18-10-4-3-5-11-18/h3-7,10-13,16,22-23H,8-9,14-15,17H2,1-2H3/t22-,23-/m0/s1. The van der Waals surface area contributed by atoms with Crippen LogP contribution in [0, 0.1) is 0 Å². The number of piperidine rings is 1. The number of rotatable bonds is 5. The van der Waals surface area contributed by atoms with Crippen molar-refractivity contribution >= 4 is 10.9 Å². The van der Waals surface area contributed by atoms with Crippen LogP contribution in [-0.4, -0.2) is 29.7 Å². The van der Waals surface area contributed by atoms with E-state index in [0.717, 1.165) is 13.2 Å². The number of hydrogen-bond donors (Lipinski definition) is 0. The minimum absolute atomic E-state index is 0.297. The van der Waals surface area contributed by atoms with E-state index in [9.17, 15) is 0 Å². The van der Waals surface area contributed by atoms with Gasteiger partial charge in [0.25, 0.3) is 0 Å². The Kier molecular flexibility index (Phi) is 5.09. The molecule has 136 valence electrons. The lowest BCUT2D eigenvalue weighted by Gasteiger charge is -2.41. The molecule has 3 nitrogen and oxygen atoms in total. The van der Waals surface area contributed by atoms with Crippen LogP contribution < -0.4 is 0 Å². The molecule has 0 N–H and O–H groups in total. The fraction of sp³-hybridized carbons (Fsp3) is 0.391. The lowest BCUT2D eigenvalue weighted by Crippen LogP contribution is -2.38. The van der Waals surface area contributed by atoms with Gasteiger partial charge < -0.3 is 9.30 Å². The zero-order chi connectivity index (χ0) is 17.9. The Morgan fingerprint density at radius 3 is 2.62 bits per heavy atom.